The zero-order valence-corrected chi connectivity index (χ0v) is 13.9. The van der Waals surface area contributed by atoms with Crippen LogP contribution in [0.4, 0.5) is 10.1 Å². The minimum Gasteiger partial charge on any atom is -0.598 e. The summed E-state index contributed by atoms with van der Waals surface area (Å²) in [5, 5.41) is 18.2. The Morgan fingerprint density at radius 3 is 2.95 bits per heavy atom. The van der Waals surface area contributed by atoms with Gasteiger partial charge in [0.05, 0.1) is 4.47 Å². The first-order chi connectivity index (χ1) is 10.5. The Bertz CT molecular complexity index is 667. The van der Waals surface area contributed by atoms with E-state index in [0.29, 0.717) is 28.8 Å². The summed E-state index contributed by atoms with van der Waals surface area (Å²) in [6, 6.07) is 4.30. The average molecular weight is 390 g/mol. The SMILES string of the molecule is C[S+]([O-])NCCc1nonc1C(=N)Nc1ccc(F)c(Br)c1. The highest BCUT2D eigenvalue weighted by atomic mass is 79.9. The first-order valence-electron chi connectivity index (χ1n) is 6.16. The van der Waals surface area contributed by atoms with Crippen molar-refractivity contribution in [3.63, 3.8) is 0 Å². The second-order valence-electron chi connectivity index (χ2n) is 4.29. The largest absolute Gasteiger partial charge is 0.598 e. The first kappa shape index (κ1) is 16.9. The van der Waals surface area contributed by atoms with Crippen molar-refractivity contribution in [1.29, 1.82) is 5.41 Å². The van der Waals surface area contributed by atoms with Crippen LogP contribution in [0.1, 0.15) is 11.4 Å². The summed E-state index contributed by atoms with van der Waals surface area (Å²) in [5.74, 6) is -0.410. The molecule has 10 heteroatoms. The van der Waals surface area contributed by atoms with Crippen LogP contribution in [0.25, 0.3) is 0 Å². The van der Waals surface area contributed by atoms with E-state index < -0.39 is 11.4 Å². The molecule has 118 valence electrons. The van der Waals surface area contributed by atoms with Crippen LogP contribution in [0, 0.1) is 11.2 Å². The Hall–Kier alpha value is -1.49. The van der Waals surface area contributed by atoms with Gasteiger partial charge in [0.15, 0.2) is 11.5 Å². The minimum absolute atomic E-state index is 0.0209. The molecule has 0 bridgehead atoms. The zero-order chi connectivity index (χ0) is 16.1. The third-order valence-corrected chi connectivity index (χ3v) is 3.87. The quantitative estimate of drug-likeness (QED) is 0.395. The maximum absolute atomic E-state index is 13.2. The van der Waals surface area contributed by atoms with Gasteiger partial charge in [-0.15, -0.1) is 4.72 Å². The summed E-state index contributed by atoms with van der Waals surface area (Å²) < 4.78 is 31.8. The summed E-state index contributed by atoms with van der Waals surface area (Å²) in [6.07, 6.45) is 1.94. The van der Waals surface area contributed by atoms with Crippen molar-refractivity contribution in [3.05, 3.63) is 39.9 Å². The van der Waals surface area contributed by atoms with Crippen LogP contribution in [0.3, 0.4) is 0 Å². The lowest BCUT2D eigenvalue weighted by Crippen LogP contribution is -2.25. The van der Waals surface area contributed by atoms with Gasteiger partial charge in [0.25, 0.3) is 0 Å². The van der Waals surface area contributed by atoms with Crippen molar-refractivity contribution < 1.29 is 13.6 Å². The highest BCUT2D eigenvalue weighted by Gasteiger charge is 2.16. The van der Waals surface area contributed by atoms with E-state index in [9.17, 15) is 8.94 Å². The molecule has 2 rings (SSSR count). The molecule has 0 saturated carbocycles. The molecule has 1 aromatic carbocycles. The van der Waals surface area contributed by atoms with Gasteiger partial charge in [0, 0.05) is 30.0 Å². The molecule has 2 aromatic rings. The molecule has 0 saturated heterocycles. The molecule has 1 heterocycles. The lowest BCUT2D eigenvalue weighted by molar-refractivity contribution is 0.302. The third kappa shape index (κ3) is 4.50. The van der Waals surface area contributed by atoms with Crippen LogP contribution in [0.15, 0.2) is 27.3 Å². The van der Waals surface area contributed by atoms with Gasteiger partial charge >= 0.3 is 0 Å². The van der Waals surface area contributed by atoms with E-state index >= 15 is 0 Å². The van der Waals surface area contributed by atoms with Gasteiger partial charge in [-0.3, -0.25) is 5.41 Å². The predicted molar refractivity (Wildman–Crippen MR) is 84.6 cm³/mol. The number of nitrogens with zero attached hydrogens (tertiary/aromatic N) is 2. The number of amidine groups is 1. The van der Waals surface area contributed by atoms with Crippen LogP contribution in [-0.2, 0) is 17.8 Å². The van der Waals surface area contributed by atoms with Crippen molar-refractivity contribution in [2.24, 2.45) is 0 Å². The van der Waals surface area contributed by atoms with Crippen molar-refractivity contribution in [2.75, 3.05) is 18.1 Å². The predicted octanol–water partition coefficient (Wildman–Crippen LogP) is 1.83. The fraction of sp³-hybridized carbons (Fsp3) is 0.250. The van der Waals surface area contributed by atoms with Crippen molar-refractivity contribution >= 4 is 38.8 Å². The first-order valence-corrected chi connectivity index (χ1v) is 8.52. The molecule has 0 spiro atoms. The van der Waals surface area contributed by atoms with E-state index in [4.69, 9.17) is 5.41 Å². The molecule has 0 aliphatic heterocycles. The molecule has 0 fully saturated rings. The van der Waals surface area contributed by atoms with E-state index in [1.807, 2.05) is 0 Å². The van der Waals surface area contributed by atoms with Gasteiger partial charge < -0.3 is 9.87 Å². The summed E-state index contributed by atoms with van der Waals surface area (Å²) in [4.78, 5) is 0. The van der Waals surface area contributed by atoms with E-state index in [-0.39, 0.29) is 17.3 Å². The number of halogens is 2. The van der Waals surface area contributed by atoms with E-state index in [1.165, 1.54) is 24.5 Å². The monoisotopic (exact) mass is 389 g/mol. The molecular formula is C12H13BrFN5O2S. The van der Waals surface area contributed by atoms with Gasteiger partial charge in [-0.2, -0.15) is 0 Å². The fourth-order valence-corrected chi connectivity index (χ4v) is 2.42. The molecule has 0 amide bonds. The van der Waals surface area contributed by atoms with Crippen LogP contribution in [0.2, 0.25) is 0 Å². The minimum atomic E-state index is -1.12. The second-order valence-corrected chi connectivity index (χ2v) is 6.34. The lowest BCUT2D eigenvalue weighted by Gasteiger charge is -2.08. The standard InChI is InChI=1S/C12H13BrFN5O2S/c1-22(20)16-5-4-10-11(19-21-18-10)12(15)17-7-2-3-9(14)8(13)6-7/h2-3,6,16H,4-5H2,1H3,(H2,15,17). The Morgan fingerprint density at radius 1 is 1.50 bits per heavy atom. The van der Waals surface area contributed by atoms with Crippen LogP contribution in [0.5, 0.6) is 0 Å². The zero-order valence-electron chi connectivity index (χ0n) is 11.5. The molecule has 7 nitrogen and oxygen atoms in total. The molecule has 3 N–H and O–H groups in total. The number of hydrogen-bond acceptors (Lipinski definition) is 6. The molecule has 0 aliphatic carbocycles. The van der Waals surface area contributed by atoms with Gasteiger partial charge in [0.2, 0.25) is 0 Å². The normalized spacial score (nSPS) is 12.2. The van der Waals surface area contributed by atoms with Crippen LogP contribution < -0.4 is 10.0 Å². The van der Waals surface area contributed by atoms with Gasteiger partial charge in [0.1, 0.15) is 17.8 Å². The molecule has 1 aromatic heterocycles. The number of aromatic nitrogens is 2. The molecule has 1 unspecified atom stereocenters. The van der Waals surface area contributed by atoms with E-state index in [2.05, 4.69) is 40.9 Å². The highest BCUT2D eigenvalue weighted by molar-refractivity contribution is 9.10. The molecular weight excluding hydrogens is 377 g/mol. The highest BCUT2D eigenvalue weighted by Crippen LogP contribution is 2.20. The summed E-state index contributed by atoms with van der Waals surface area (Å²) in [5.41, 5.74) is 1.25. The van der Waals surface area contributed by atoms with Gasteiger partial charge in [-0.25, -0.2) is 9.02 Å². The summed E-state index contributed by atoms with van der Waals surface area (Å²) in [7, 11) is 0. The Balaban J connectivity index is 2.03. The average Bonchev–Trinajstić information content (AvgIpc) is 2.91. The Kier molecular flexibility index (Phi) is 5.89. The van der Waals surface area contributed by atoms with Gasteiger partial charge in [-0.1, -0.05) is 5.16 Å². The number of nitrogens with one attached hydrogen (secondary N) is 3. The Morgan fingerprint density at radius 2 is 2.27 bits per heavy atom. The smallest absolute Gasteiger partial charge is 0.172 e. The second kappa shape index (κ2) is 7.68. The number of hydrogen-bond donors (Lipinski definition) is 3. The molecule has 0 aliphatic rings. The lowest BCUT2D eigenvalue weighted by atomic mass is 10.2. The number of benzene rings is 1. The molecule has 1 atom stereocenters. The number of rotatable bonds is 6. The summed E-state index contributed by atoms with van der Waals surface area (Å²) >= 11 is 1.96. The Labute approximate surface area is 137 Å². The van der Waals surface area contributed by atoms with Gasteiger partial charge in [-0.05, 0) is 39.3 Å². The fourth-order valence-electron chi connectivity index (χ4n) is 1.65. The number of anilines is 1. The summed E-state index contributed by atoms with van der Waals surface area (Å²) in [6.45, 7) is 0.416. The van der Waals surface area contributed by atoms with Crippen molar-refractivity contribution in [3.8, 4) is 0 Å². The maximum atomic E-state index is 13.2. The van der Waals surface area contributed by atoms with Crippen LogP contribution >= 0.6 is 15.9 Å². The third-order valence-electron chi connectivity index (χ3n) is 2.65. The van der Waals surface area contributed by atoms with Crippen LogP contribution in [-0.4, -0.2) is 33.5 Å². The maximum Gasteiger partial charge on any atom is 0.172 e. The van der Waals surface area contributed by atoms with Crippen molar-refractivity contribution in [1.82, 2.24) is 15.0 Å². The topological polar surface area (TPSA) is 110 Å². The van der Waals surface area contributed by atoms with Crippen molar-refractivity contribution in [2.45, 2.75) is 6.42 Å². The van der Waals surface area contributed by atoms with E-state index in [0.717, 1.165) is 0 Å². The molecule has 0 radical (unpaired) electrons. The molecule has 22 heavy (non-hydrogen) atoms. The van der Waals surface area contributed by atoms with E-state index in [1.54, 1.807) is 0 Å².